The Kier molecular flexibility index (Phi) is 6.10. The summed E-state index contributed by atoms with van der Waals surface area (Å²) in [6.45, 7) is 4.89. The normalized spacial score (nSPS) is 27.4. The Morgan fingerprint density at radius 1 is 1.36 bits per heavy atom. The van der Waals surface area contributed by atoms with Gasteiger partial charge < -0.3 is 15.5 Å². The zero-order valence-electron chi connectivity index (χ0n) is 15.3. The van der Waals surface area contributed by atoms with E-state index in [1.165, 1.54) is 31.7 Å². The van der Waals surface area contributed by atoms with Crippen LogP contribution in [-0.2, 0) is 0 Å². The number of nitrogens with one attached hydrogen (secondary N) is 2. The van der Waals surface area contributed by atoms with E-state index in [0.717, 1.165) is 43.9 Å². The van der Waals surface area contributed by atoms with E-state index < -0.39 is 0 Å². The van der Waals surface area contributed by atoms with E-state index in [1.807, 2.05) is 11.9 Å². The Morgan fingerprint density at radius 3 is 2.96 bits per heavy atom. The SMILES string of the molecule is CN=C(NCC1CCCCC1C)NC1CCN(c2ncccc2F)C1. The highest BCUT2D eigenvalue weighted by atomic mass is 19.1. The lowest BCUT2D eigenvalue weighted by molar-refractivity contribution is 0.256. The van der Waals surface area contributed by atoms with Gasteiger partial charge in [-0.2, -0.15) is 0 Å². The molecule has 1 saturated carbocycles. The lowest BCUT2D eigenvalue weighted by atomic mass is 9.80. The lowest BCUT2D eigenvalue weighted by Gasteiger charge is -2.29. The predicted octanol–water partition coefficient (Wildman–Crippen LogP) is 2.79. The molecular weight excluding hydrogens is 317 g/mol. The van der Waals surface area contributed by atoms with Crippen LogP contribution in [0.25, 0.3) is 0 Å². The van der Waals surface area contributed by atoms with Gasteiger partial charge in [0.2, 0.25) is 0 Å². The highest BCUT2D eigenvalue weighted by molar-refractivity contribution is 5.80. The Hall–Kier alpha value is -1.85. The van der Waals surface area contributed by atoms with Gasteiger partial charge in [-0.05, 0) is 36.8 Å². The second-order valence-electron chi connectivity index (χ2n) is 7.36. The molecule has 2 aliphatic rings. The summed E-state index contributed by atoms with van der Waals surface area (Å²) in [5.74, 6) is 2.57. The summed E-state index contributed by atoms with van der Waals surface area (Å²) in [6.07, 6.45) is 7.96. The fourth-order valence-electron chi connectivity index (χ4n) is 3.99. The number of rotatable bonds is 4. The molecule has 3 unspecified atom stereocenters. The molecule has 3 rings (SSSR count). The molecule has 6 heteroatoms. The van der Waals surface area contributed by atoms with Crippen molar-refractivity contribution in [3.8, 4) is 0 Å². The monoisotopic (exact) mass is 347 g/mol. The number of aliphatic imine (C=N–C) groups is 1. The van der Waals surface area contributed by atoms with Crippen LogP contribution in [0.15, 0.2) is 23.3 Å². The smallest absolute Gasteiger partial charge is 0.191 e. The van der Waals surface area contributed by atoms with Crippen LogP contribution in [0, 0.1) is 17.7 Å². The van der Waals surface area contributed by atoms with Gasteiger partial charge >= 0.3 is 0 Å². The van der Waals surface area contributed by atoms with E-state index in [2.05, 4.69) is 27.5 Å². The van der Waals surface area contributed by atoms with E-state index in [9.17, 15) is 4.39 Å². The largest absolute Gasteiger partial charge is 0.356 e. The number of guanidine groups is 1. The van der Waals surface area contributed by atoms with Crippen molar-refractivity contribution in [2.24, 2.45) is 16.8 Å². The second-order valence-corrected chi connectivity index (χ2v) is 7.36. The fraction of sp³-hybridized carbons (Fsp3) is 0.684. The zero-order valence-corrected chi connectivity index (χ0v) is 15.3. The molecule has 0 radical (unpaired) electrons. The van der Waals surface area contributed by atoms with Gasteiger partial charge in [-0.1, -0.05) is 26.2 Å². The Morgan fingerprint density at radius 2 is 2.20 bits per heavy atom. The first kappa shape index (κ1) is 18.0. The van der Waals surface area contributed by atoms with Crippen LogP contribution in [0.1, 0.15) is 39.0 Å². The van der Waals surface area contributed by atoms with Crippen molar-refractivity contribution in [2.45, 2.75) is 45.1 Å². The first-order valence-corrected chi connectivity index (χ1v) is 9.50. The Balaban J connectivity index is 1.49. The van der Waals surface area contributed by atoms with E-state index in [1.54, 1.807) is 12.3 Å². The Labute approximate surface area is 150 Å². The molecule has 1 saturated heterocycles. The van der Waals surface area contributed by atoms with Gasteiger partial charge in [0.25, 0.3) is 0 Å². The minimum absolute atomic E-state index is 0.253. The average molecular weight is 347 g/mol. The van der Waals surface area contributed by atoms with Crippen molar-refractivity contribution in [1.82, 2.24) is 15.6 Å². The minimum atomic E-state index is -0.253. The van der Waals surface area contributed by atoms with Crippen LogP contribution in [0.3, 0.4) is 0 Å². The predicted molar refractivity (Wildman–Crippen MR) is 100 cm³/mol. The van der Waals surface area contributed by atoms with Gasteiger partial charge in [0.1, 0.15) is 0 Å². The number of aromatic nitrogens is 1. The summed E-state index contributed by atoms with van der Waals surface area (Å²) in [5.41, 5.74) is 0. The van der Waals surface area contributed by atoms with Gasteiger partial charge in [-0.15, -0.1) is 0 Å². The maximum Gasteiger partial charge on any atom is 0.191 e. The van der Waals surface area contributed by atoms with Crippen molar-refractivity contribution in [2.75, 3.05) is 31.6 Å². The molecular formula is C19H30FN5. The fourth-order valence-corrected chi connectivity index (χ4v) is 3.99. The summed E-state index contributed by atoms with van der Waals surface area (Å²) in [4.78, 5) is 10.5. The number of nitrogens with zero attached hydrogens (tertiary/aromatic N) is 3. The Bertz CT molecular complexity index is 591. The van der Waals surface area contributed by atoms with Crippen molar-refractivity contribution in [3.05, 3.63) is 24.1 Å². The quantitative estimate of drug-likeness (QED) is 0.650. The summed E-state index contributed by atoms with van der Waals surface area (Å²) in [5, 5.41) is 6.98. The van der Waals surface area contributed by atoms with Gasteiger partial charge in [0.15, 0.2) is 17.6 Å². The van der Waals surface area contributed by atoms with Crippen LogP contribution in [0.2, 0.25) is 0 Å². The topological polar surface area (TPSA) is 52.6 Å². The molecule has 2 N–H and O–H groups in total. The summed E-state index contributed by atoms with van der Waals surface area (Å²) in [7, 11) is 1.81. The molecule has 0 bridgehead atoms. The highest BCUT2D eigenvalue weighted by Gasteiger charge is 2.26. The van der Waals surface area contributed by atoms with Gasteiger partial charge in [0.05, 0.1) is 0 Å². The van der Waals surface area contributed by atoms with Crippen molar-refractivity contribution in [1.29, 1.82) is 0 Å². The number of hydrogen-bond donors (Lipinski definition) is 2. The molecule has 1 aromatic rings. The highest BCUT2D eigenvalue weighted by Crippen LogP contribution is 2.28. The van der Waals surface area contributed by atoms with Crippen LogP contribution in [0.5, 0.6) is 0 Å². The first-order valence-electron chi connectivity index (χ1n) is 9.50. The number of pyridine rings is 1. The third-order valence-electron chi connectivity index (χ3n) is 5.61. The molecule has 1 aliphatic heterocycles. The van der Waals surface area contributed by atoms with Gasteiger partial charge in [-0.3, -0.25) is 4.99 Å². The third-order valence-corrected chi connectivity index (χ3v) is 5.61. The summed E-state index contributed by atoms with van der Waals surface area (Å²) >= 11 is 0. The molecule has 138 valence electrons. The third kappa shape index (κ3) is 4.61. The molecule has 5 nitrogen and oxygen atoms in total. The molecule has 3 atom stereocenters. The van der Waals surface area contributed by atoms with Gasteiger partial charge in [-0.25, -0.2) is 9.37 Å². The average Bonchev–Trinajstić information content (AvgIpc) is 3.08. The molecule has 1 aliphatic carbocycles. The summed E-state index contributed by atoms with van der Waals surface area (Å²) < 4.78 is 13.9. The molecule has 1 aromatic heterocycles. The number of anilines is 1. The van der Waals surface area contributed by atoms with E-state index >= 15 is 0 Å². The van der Waals surface area contributed by atoms with Gasteiger partial charge in [0, 0.05) is 38.9 Å². The first-order chi connectivity index (χ1) is 12.2. The van der Waals surface area contributed by atoms with Crippen LogP contribution >= 0.6 is 0 Å². The summed E-state index contributed by atoms with van der Waals surface area (Å²) in [6, 6.07) is 3.36. The van der Waals surface area contributed by atoms with Crippen LogP contribution < -0.4 is 15.5 Å². The van der Waals surface area contributed by atoms with Crippen molar-refractivity contribution >= 4 is 11.8 Å². The maximum atomic E-state index is 13.9. The molecule has 2 fully saturated rings. The number of halogens is 1. The zero-order chi connectivity index (χ0) is 17.6. The van der Waals surface area contributed by atoms with Crippen LogP contribution in [0.4, 0.5) is 10.2 Å². The lowest BCUT2D eigenvalue weighted by Crippen LogP contribution is -2.46. The molecule has 0 aromatic carbocycles. The second kappa shape index (κ2) is 8.50. The molecule has 0 amide bonds. The van der Waals surface area contributed by atoms with E-state index in [0.29, 0.717) is 5.82 Å². The van der Waals surface area contributed by atoms with Crippen molar-refractivity contribution < 1.29 is 4.39 Å². The van der Waals surface area contributed by atoms with Crippen molar-refractivity contribution in [3.63, 3.8) is 0 Å². The van der Waals surface area contributed by atoms with Crippen LogP contribution in [-0.4, -0.2) is 43.7 Å². The van der Waals surface area contributed by atoms with E-state index in [-0.39, 0.29) is 11.9 Å². The number of hydrogen-bond acceptors (Lipinski definition) is 3. The maximum absolute atomic E-state index is 13.9. The molecule has 25 heavy (non-hydrogen) atoms. The minimum Gasteiger partial charge on any atom is -0.356 e. The van der Waals surface area contributed by atoms with E-state index in [4.69, 9.17) is 0 Å². The standard InChI is InChI=1S/C19H30FN5/c1-14-6-3-4-7-15(14)12-23-19(21-2)24-16-9-11-25(13-16)18-17(20)8-5-10-22-18/h5,8,10,14-16H,3-4,6-7,9,11-13H2,1-2H3,(H2,21,23,24). The molecule has 0 spiro atoms. The molecule has 2 heterocycles.